The normalized spacial score (nSPS) is 15.2. The molecule has 0 spiro atoms. The first-order chi connectivity index (χ1) is 9.81. The lowest BCUT2D eigenvalue weighted by atomic mass is 10.2. The molecule has 0 unspecified atom stereocenters. The van der Waals surface area contributed by atoms with Gasteiger partial charge in [-0.1, -0.05) is 31.0 Å². The SMILES string of the molecule is Nc1cnc(Nc2ccccc2)nc1NC1CCCC1. The predicted molar refractivity (Wildman–Crippen MR) is 82.0 cm³/mol. The second kappa shape index (κ2) is 5.77. The Morgan fingerprint density at radius 2 is 1.85 bits per heavy atom. The van der Waals surface area contributed by atoms with Crippen molar-refractivity contribution in [2.75, 3.05) is 16.4 Å². The van der Waals surface area contributed by atoms with Crippen molar-refractivity contribution in [1.29, 1.82) is 0 Å². The van der Waals surface area contributed by atoms with Crippen LogP contribution in [0.1, 0.15) is 25.7 Å². The summed E-state index contributed by atoms with van der Waals surface area (Å²) >= 11 is 0. The van der Waals surface area contributed by atoms with Crippen molar-refractivity contribution in [3.8, 4) is 0 Å². The molecule has 1 aliphatic carbocycles. The number of hydrogen-bond donors (Lipinski definition) is 3. The summed E-state index contributed by atoms with van der Waals surface area (Å²) in [6.07, 6.45) is 6.57. The van der Waals surface area contributed by atoms with E-state index in [-0.39, 0.29) is 0 Å². The lowest BCUT2D eigenvalue weighted by Gasteiger charge is -2.15. The highest BCUT2D eigenvalue weighted by Gasteiger charge is 2.16. The summed E-state index contributed by atoms with van der Waals surface area (Å²) in [5.74, 6) is 1.29. The van der Waals surface area contributed by atoms with Gasteiger partial charge in [-0.3, -0.25) is 0 Å². The maximum Gasteiger partial charge on any atom is 0.229 e. The Bertz CT molecular complexity index is 564. The molecular weight excluding hydrogens is 250 g/mol. The van der Waals surface area contributed by atoms with Crippen LogP contribution in [0, 0.1) is 0 Å². The van der Waals surface area contributed by atoms with E-state index in [1.165, 1.54) is 25.7 Å². The second-order valence-corrected chi connectivity index (χ2v) is 5.11. The number of rotatable bonds is 4. The van der Waals surface area contributed by atoms with Gasteiger partial charge in [-0.15, -0.1) is 0 Å². The first-order valence-electron chi connectivity index (χ1n) is 7.02. The van der Waals surface area contributed by atoms with E-state index < -0.39 is 0 Å². The molecule has 0 aliphatic heterocycles. The van der Waals surface area contributed by atoms with Gasteiger partial charge in [-0.05, 0) is 25.0 Å². The van der Waals surface area contributed by atoms with Gasteiger partial charge in [0.1, 0.15) is 0 Å². The van der Waals surface area contributed by atoms with Crippen LogP contribution >= 0.6 is 0 Å². The summed E-state index contributed by atoms with van der Waals surface area (Å²) in [5, 5.41) is 6.60. The second-order valence-electron chi connectivity index (χ2n) is 5.11. The van der Waals surface area contributed by atoms with Gasteiger partial charge in [0.05, 0.1) is 11.9 Å². The van der Waals surface area contributed by atoms with Crippen molar-refractivity contribution in [1.82, 2.24) is 9.97 Å². The van der Waals surface area contributed by atoms with E-state index in [1.807, 2.05) is 30.3 Å². The minimum absolute atomic E-state index is 0.483. The summed E-state index contributed by atoms with van der Waals surface area (Å²) in [6, 6.07) is 10.3. The molecule has 0 bridgehead atoms. The number of benzene rings is 1. The van der Waals surface area contributed by atoms with E-state index in [4.69, 9.17) is 5.73 Å². The van der Waals surface area contributed by atoms with Crippen LogP contribution in [0.15, 0.2) is 36.5 Å². The Hall–Kier alpha value is -2.30. The third-order valence-corrected chi connectivity index (χ3v) is 3.54. The molecule has 0 saturated heterocycles. The molecule has 1 heterocycles. The molecule has 0 atom stereocenters. The minimum atomic E-state index is 0.483. The molecule has 1 aromatic carbocycles. The number of nitrogens with zero attached hydrogens (tertiary/aromatic N) is 2. The van der Waals surface area contributed by atoms with Gasteiger partial charge >= 0.3 is 0 Å². The summed E-state index contributed by atoms with van der Waals surface area (Å²) < 4.78 is 0. The highest BCUT2D eigenvalue weighted by molar-refractivity contribution is 5.64. The van der Waals surface area contributed by atoms with Crippen molar-refractivity contribution in [2.24, 2.45) is 0 Å². The van der Waals surface area contributed by atoms with Crippen LogP contribution in [-0.4, -0.2) is 16.0 Å². The van der Waals surface area contributed by atoms with Crippen LogP contribution in [-0.2, 0) is 0 Å². The summed E-state index contributed by atoms with van der Waals surface area (Å²) in [5.41, 5.74) is 7.50. The van der Waals surface area contributed by atoms with Crippen molar-refractivity contribution < 1.29 is 0 Å². The fourth-order valence-electron chi connectivity index (χ4n) is 2.48. The Morgan fingerprint density at radius 3 is 2.60 bits per heavy atom. The molecule has 1 aromatic heterocycles. The highest BCUT2D eigenvalue weighted by Crippen LogP contribution is 2.25. The monoisotopic (exact) mass is 269 g/mol. The Kier molecular flexibility index (Phi) is 3.67. The Balaban J connectivity index is 1.75. The zero-order valence-electron chi connectivity index (χ0n) is 11.3. The largest absolute Gasteiger partial charge is 0.394 e. The number of anilines is 4. The van der Waals surface area contributed by atoms with Crippen LogP contribution < -0.4 is 16.4 Å². The molecule has 4 N–H and O–H groups in total. The van der Waals surface area contributed by atoms with Gasteiger partial charge in [0, 0.05) is 11.7 Å². The van der Waals surface area contributed by atoms with Gasteiger partial charge in [-0.25, -0.2) is 4.98 Å². The first kappa shape index (κ1) is 12.7. The third-order valence-electron chi connectivity index (χ3n) is 3.54. The smallest absolute Gasteiger partial charge is 0.229 e. The standard InChI is InChI=1S/C15H19N5/c16-13-10-17-15(19-12-6-2-1-3-7-12)20-14(13)18-11-8-4-5-9-11/h1-3,6-7,10-11H,4-5,8-9,16H2,(H2,17,18,19,20). The molecule has 5 nitrogen and oxygen atoms in total. The van der Waals surface area contributed by atoms with Crippen LogP contribution in [0.4, 0.5) is 23.1 Å². The van der Waals surface area contributed by atoms with Crippen molar-refractivity contribution in [2.45, 2.75) is 31.7 Å². The molecule has 20 heavy (non-hydrogen) atoms. The number of nitrogen functional groups attached to an aromatic ring is 1. The first-order valence-corrected chi connectivity index (χ1v) is 7.02. The molecule has 0 radical (unpaired) electrons. The summed E-state index contributed by atoms with van der Waals surface area (Å²) in [4.78, 5) is 8.69. The van der Waals surface area contributed by atoms with E-state index >= 15 is 0 Å². The molecule has 1 fully saturated rings. The molecular formula is C15H19N5. The Labute approximate surface area is 118 Å². The van der Waals surface area contributed by atoms with Gasteiger partial charge in [0.15, 0.2) is 5.82 Å². The van der Waals surface area contributed by atoms with Crippen molar-refractivity contribution >= 4 is 23.1 Å². The van der Waals surface area contributed by atoms with Crippen LogP contribution in [0.25, 0.3) is 0 Å². The van der Waals surface area contributed by atoms with Crippen LogP contribution in [0.3, 0.4) is 0 Å². The van der Waals surface area contributed by atoms with Gasteiger partial charge in [0.25, 0.3) is 0 Å². The number of nitrogens with one attached hydrogen (secondary N) is 2. The zero-order chi connectivity index (χ0) is 13.8. The average Bonchev–Trinajstić information content (AvgIpc) is 2.97. The fraction of sp³-hybridized carbons (Fsp3) is 0.333. The maximum atomic E-state index is 5.95. The van der Waals surface area contributed by atoms with Gasteiger partial charge in [0.2, 0.25) is 5.95 Å². The highest BCUT2D eigenvalue weighted by atomic mass is 15.2. The van der Waals surface area contributed by atoms with Crippen molar-refractivity contribution in [3.05, 3.63) is 36.5 Å². The lowest BCUT2D eigenvalue weighted by Crippen LogP contribution is -2.17. The van der Waals surface area contributed by atoms with E-state index in [0.717, 1.165) is 11.5 Å². The summed E-state index contributed by atoms with van der Waals surface area (Å²) in [6.45, 7) is 0. The lowest BCUT2D eigenvalue weighted by molar-refractivity contribution is 0.750. The molecule has 5 heteroatoms. The number of nitrogens with two attached hydrogens (primary N) is 1. The topological polar surface area (TPSA) is 75.9 Å². The van der Waals surface area contributed by atoms with Crippen molar-refractivity contribution in [3.63, 3.8) is 0 Å². The zero-order valence-corrected chi connectivity index (χ0v) is 11.3. The quantitative estimate of drug-likeness (QED) is 0.795. The van der Waals surface area contributed by atoms with Gasteiger partial charge < -0.3 is 16.4 Å². The maximum absolute atomic E-state index is 5.95. The molecule has 1 saturated carbocycles. The molecule has 0 amide bonds. The van der Waals surface area contributed by atoms with E-state index in [0.29, 0.717) is 17.7 Å². The molecule has 2 aromatic rings. The number of hydrogen-bond acceptors (Lipinski definition) is 5. The van der Waals surface area contributed by atoms with Crippen LogP contribution in [0.2, 0.25) is 0 Å². The molecule has 3 rings (SSSR count). The van der Waals surface area contributed by atoms with E-state index in [2.05, 4.69) is 20.6 Å². The van der Waals surface area contributed by atoms with E-state index in [1.54, 1.807) is 6.20 Å². The predicted octanol–water partition coefficient (Wildman–Crippen LogP) is 3.16. The van der Waals surface area contributed by atoms with Gasteiger partial charge in [-0.2, -0.15) is 4.98 Å². The minimum Gasteiger partial charge on any atom is -0.394 e. The van der Waals surface area contributed by atoms with E-state index in [9.17, 15) is 0 Å². The number of aromatic nitrogens is 2. The molecule has 1 aliphatic rings. The molecule has 104 valence electrons. The third kappa shape index (κ3) is 2.99. The summed E-state index contributed by atoms with van der Waals surface area (Å²) in [7, 11) is 0. The fourth-order valence-corrected chi connectivity index (χ4v) is 2.48. The average molecular weight is 269 g/mol. The number of para-hydroxylation sites is 1. The van der Waals surface area contributed by atoms with Crippen LogP contribution in [0.5, 0.6) is 0 Å². The Morgan fingerprint density at radius 1 is 1.10 bits per heavy atom.